The SMILES string of the molecule is COC(=O)c1nn(CCOCCC(F)(F)F)c(C(=O)O)c1[N+](=O)[O-]. The van der Waals surface area contributed by atoms with E-state index in [1.54, 1.807) is 0 Å². The normalized spacial score (nSPS) is 11.3. The summed E-state index contributed by atoms with van der Waals surface area (Å²) in [6, 6.07) is 0. The number of halogens is 3. The van der Waals surface area contributed by atoms with Crippen LogP contribution >= 0.6 is 0 Å². The average molecular weight is 355 g/mol. The van der Waals surface area contributed by atoms with Gasteiger partial charge >= 0.3 is 23.8 Å². The second-order valence-corrected chi connectivity index (χ2v) is 4.30. The summed E-state index contributed by atoms with van der Waals surface area (Å²) in [6.07, 6.45) is -5.61. The third-order valence-corrected chi connectivity index (χ3v) is 2.67. The molecule has 0 atom stereocenters. The first kappa shape index (κ1) is 19.3. The molecule has 1 N–H and O–H groups in total. The van der Waals surface area contributed by atoms with Crippen molar-refractivity contribution < 1.29 is 42.3 Å². The second kappa shape index (κ2) is 7.72. The number of nitrogens with zero attached hydrogens (tertiary/aromatic N) is 3. The molecule has 24 heavy (non-hydrogen) atoms. The average Bonchev–Trinajstić information content (AvgIpc) is 2.84. The highest BCUT2D eigenvalue weighted by Crippen LogP contribution is 2.24. The molecule has 0 saturated heterocycles. The highest BCUT2D eigenvalue weighted by molar-refractivity contribution is 5.99. The van der Waals surface area contributed by atoms with Crippen LogP contribution in [0.1, 0.15) is 27.4 Å². The summed E-state index contributed by atoms with van der Waals surface area (Å²) < 4.78 is 45.4. The van der Waals surface area contributed by atoms with Gasteiger partial charge in [0.05, 0.1) is 38.2 Å². The van der Waals surface area contributed by atoms with Crippen molar-refractivity contribution in [2.24, 2.45) is 0 Å². The summed E-state index contributed by atoms with van der Waals surface area (Å²) >= 11 is 0. The number of alkyl halides is 3. The molecule has 0 fully saturated rings. The van der Waals surface area contributed by atoms with Crippen LogP contribution in [0.2, 0.25) is 0 Å². The van der Waals surface area contributed by atoms with E-state index in [-0.39, 0.29) is 0 Å². The summed E-state index contributed by atoms with van der Waals surface area (Å²) in [6.45, 7) is -1.47. The van der Waals surface area contributed by atoms with Crippen molar-refractivity contribution >= 4 is 17.6 Å². The van der Waals surface area contributed by atoms with Crippen LogP contribution in [0, 0.1) is 10.1 Å². The molecule has 0 amide bonds. The maximum atomic E-state index is 11.9. The van der Waals surface area contributed by atoms with Crippen LogP contribution in [0.3, 0.4) is 0 Å². The van der Waals surface area contributed by atoms with E-state index in [1.165, 1.54) is 0 Å². The van der Waals surface area contributed by atoms with Crippen molar-refractivity contribution in [1.29, 1.82) is 0 Å². The van der Waals surface area contributed by atoms with Crippen molar-refractivity contribution in [3.8, 4) is 0 Å². The van der Waals surface area contributed by atoms with E-state index >= 15 is 0 Å². The Morgan fingerprint density at radius 3 is 2.46 bits per heavy atom. The van der Waals surface area contributed by atoms with Gasteiger partial charge in [-0.2, -0.15) is 18.3 Å². The van der Waals surface area contributed by atoms with Crippen LogP contribution in [0.25, 0.3) is 0 Å². The fourth-order valence-electron chi connectivity index (χ4n) is 1.67. The molecule has 13 heteroatoms. The topological polar surface area (TPSA) is 134 Å². The Balaban J connectivity index is 2.96. The number of aromatic carboxylic acids is 1. The number of carboxylic acids is 1. The number of aromatic nitrogens is 2. The highest BCUT2D eigenvalue weighted by atomic mass is 19.4. The molecule has 0 aliphatic rings. The fourth-order valence-corrected chi connectivity index (χ4v) is 1.67. The summed E-state index contributed by atoms with van der Waals surface area (Å²) in [5, 5.41) is 23.5. The van der Waals surface area contributed by atoms with Gasteiger partial charge in [0.15, 0.2) is 0 Å². The monoisotopic (exact) mass is 355 g/mol. The minimum Gasteiger partial charge on any atom is -0.476 e. The molecule has 1 aromatic heterocycles. The first-order valence-electron chi connectivity index (χ1n) is 6.29. The summed E-state index contributed by atoms with van der Waals surface area (Å²) in [4.78, 5) is 32.5. The second-order valence-electron chi connectivity index (χ2n) is 4.30. The molecule has 0 saturated carbocycles. The maximum Gasteiger partial charge on any atom is 0.391 e. The van der Waals surface area contributed by atoms with E-state index in [4.69, 9.17) is 5.11 Å². The molecule has 1 aromatic rings. The van der Waals surface area contributed by atoms with Gasteiger partial charge in [0.25, 0.3) is 0 Å². The van der Waals surface area contributed by atoms with E-state index in [1.807, 2.05) is 0 Å². The summed E-state index contributed by atoms with van der Waals surface area (Å²) in [7, 11) is 0.922. The lowest BCUT2D eigenvalue weighted by molar-refractivity contribution is -0.385. The van der Waals surface area contributed by atoms with Crippen LogP contribution < -0.4 is 0 Å². The maximum absolute atomic E-state index is 11.9. The number of rotatable bonds is 8. The molecule has 1 rings (SSSR count). The van der Waals surface area contributed by atoms with Crippen molar-refractivity contribution in [3.63, 3.8) is 0 Å². The Morgan fingerprint density at radius 2 is 2.00 bits per heavy atom. The number of hydrogen-bond donors (Lipinski definition) is 1. The first-order valence-corrected chi connectivity index (χ1v) is 6.29. The highest BCUT2D eigenvalue weighted by Gasteiger charge is 2.36. The third kappa shape index (κ3) is 4.91. The number of carbonyl (C=O) groups is 2. The Morgan fingerprint density at radius 1 is 1.38 bits per heavy atom. The molecule has 0 aromatic carbocycles. The number of methoxy groups -OCH3 is 1. The van der Waals surface area contributed by atoms with E-state index in [2.05, 4.69) is 14.6 Å². The molecule has 0 bridgehead atoms. The van der Waals surface area contributed by atoms with Gasteiger partial charge in [0.2, 0.25) is 11.4 Å². The number of carboxylic acid groups (broad SMARTS) is 1. The van der Waals surface area contributed by atoms with Gasteiger partial charge in [-0.1, -0.05) is 0 Å². The lowest BCUT2D eigenvalue weighted by Crippen LogP contribution is -2.17. The van der Waals surface area contributed by atoms with Crippen LogP contribution in [-0.4, -0.2) is 58.2 Å². The Labute approximate surface area is 131 Å². The minimum atomic E-state index is -4.41. The zero-order valence-corrected chi connectivity index (χ0v) is 12.2. The molecule has 0 aliphatic heterocycles. The van der Waals surface area contributed by atoms with Crippen molar-refractivity contribution in [1.82, 2.24) is 9.78 Å². The fraction of sp³-hybridized carbons (Fsp3) is 0.545. The van der Waals surface area contributed by atoms with Gasteiger partial charge < -0.3 is 14.6 Å². The van der Waals surface area contributed by atoms with E-state index in [0.29, 0.717) is 4.68 Å². The van der Waals surface area contributed by atoms with Gasteiger partial charge in [-0.15, -0.1) is 0 Å². The molecule has 0 unspecified atom stereocenters. The third-order valence-electron chi connectivity index (χ3n) is 2.67. The van der Waals surface area contributed by atoms with E-state index < -0.39 is 66.3 Å². The van der Waals surface area contributed by atoms with Gasteiger partial charge in [-0.25, -0.2) is 14.3 Å². The predicted octanol–water partition coefficient (Wildman–Crippen LogP) is 1.25. The lowest BCUT2D eigenvalue weighted by Gasteiger charge is -2.07. The van der Waals surface area contributed by atoms with Crippen molar-refractivity contribution in [2.75, 3.05) is 20.3 Å². The number of hydrogen-bond acceptors (Lipinski definition) is 7. The van der Waals surface area contributed by atoms with Crippen LogP contribution in [0.4, 0.5) is 18.9 Å². The number of nitro groups is 1. The van der Waals surface area contributed by atoms with Crippen LogP contribution in [-0.2, 0) is 16.0 Å². The molecule has 0 aliphatic carbocycles. The Hall–Kier alpha value is -2.70. The quantitative estimate of drug-likeness (QED) is 0.319. The van der Waals surface area contributed by atoms with Gasteiger partial charge in [0.1, 0.15) is 0 Å². The number of carbonyl (C=O) groups excluding carboxylic acids is 1. The molecule has 134 valence electrons. The first-order chi connectivity index (χ1) is 11.1. The minimum absolute atomic E-state index is 0.393. The Kier molecular flexibility index (Phi) is 6.22. The van der Waals surface area contributed by atoms with E-state index in [0.717, 1.165) is 7.11 Å². The molecule has 10 nitrogen and oxygen atoms in total. The molecular weight excluding hydrogens is 343 g/mol. The van der Waals surface area contributed by atoms with Crippen molar-refractivity contribution in [3.05, 3.63) is 21.5 Å². The lowest BCUT2D eigenvalue weighted by atomic mass is 10.3. The van der Waals surface area contributed by atoms with Gasteiger partial charge in [0, 0.05) is 0 Å². The largest absolute Gasteiger partial charge is 0.476 e. The van der Waals surface area contributed by atoms with Crippen molar-refractivity contribution in [2.45, 2.75) is 19.1 Å². The summed E-state index contributed by atoms with van der Waals surface area (Å²) in [5.41, 5.74) is -2.79. The molecule has 1 heterocycles. The summed E-state index contributed by atoms with van der Waals surface area (Å²) in [5.74, 6) is -2.96. The number of esters is 1. The standard InChI is InChI=1S/C11H12F3N3O7/c1-23-10(20)6-7(17(21)22)8(9(18)19)16(15-6)3-5-24-4-2-11(12,13)14/h2-5H2,1H3,(H,18,19). The smallest absolute Gasteiger partial charge is 0.391 e. The van der Waals surface area contributed by atoms with Gasteiger partial charge in [-0.3, -0.25) is 10.1 Å². The van der Waals surface area contributed by atoms with Crippen LogP contribution in [0.5, 0.6) is 0 Å². The number of ether oxygens (including phenoxy) is 2. The van der Waals surface area contributed by atoms with Gasteiger partial charge in [-0.05, 0) is 0 Å². The van der Waals surface area contributed by atoms with Crippen LogP contribution in [0.15, 0.2) is 0 Å². The molecular formula is C11H12F3N3O7. The zero-order chi connectivity index (χ0) is 18.5. The zero-order valence-electron chi connectivity index (χ0n) is 12.2. The predicted molar refractivity (Wildman–Crippen MR) is 68.7 cm³/mol. The Bertz CT molecular complexity index is 642. The molecule has 0 spiro atoms. The molecule has 0 radical (unpaired) electrons. The van der Waals surface area contributed by atoms with E-state index in [9.17, 15) is 32.9 Å².